The standard InChI is InChI=1S/C23H37N3O2/c1-5-17-9-7-10-18(6-2)21(17)25-23(28)20-13-11-19(12-14-20)22(27)24-15-8-16-26(3)4/h7,9-10,19-20H,5-6,8,11-16H2,1-4H3,(H,24,27)(H,25,28). The number of para-hydroxylation sites is 1. The summed E-state index contributed by atoms with van der Waals surface area (Å²) in [5.41, 5.74) is 3.38. The predicted molar refractivity (Wildman–Crippen MR) is 115 cm³/mol. The van der Waals surface area contributed by atoms with Crippen LogP contribution in [0.3, 0.4) is 0 Å². The van der Waals surface area contributed by atoms with Gasteiger partial charge < -0.3 is 15.5 Å². The number of hydrogen-bond acceptors (Lipinski definition) is 3. The lowest BCUT2D eigenvalue weighted by Crippen LogP contribution is -2.36. The lowest BCUT2D eigenvalue weighted by Gasteiger charge is -2.27. The molecule has 2 amide bonds. The van der Waals surface area contributed by atoms with Crippen LogP contribution in [0, 0.1) is 11.8 Å². The normalized spacial score (nSPS) is 19.5. The average Bonchev–Trinajstić information content (AvgIpc) is 2.71. The molecule has 0 unspecified atom stereocenters. The van der Waals surface area contributed by atoms with Crippen LogP contribution < -0.4 is 10.6 Å². The Morgan fingerprint density at radius 2 is 1.50 bits per heavy atom. The molecule has 2 N–H and O–H groups in total. The van der Waals surface area contributed by atoms with E-state index in [4.69, 9.17) is 0 Å². The molecule has 0 heterocycles. The fraction of sp³-hybridized carbons (Fsp3) is 0.652. The van der Waals surface area contributed by atoms with Crippen LogP contribution in [0.25, 0.3) is 0 Å². The molecule has 1 aromatic carbocycles. The smallest absolute Gasteiger partial charge is 0.227 e. The van der Waals surface area contributed by atoms with Gasteiger partial charge in [0.05, 0.1) is 0 Å². The molecule has 1 fully saturated rings. The van der Waals surface area contributed by atoms with Gasteiger partial charge >= 0.3 is 0 Å². The summed E-state index contributed by atoms with van der Waals surface area (Å²) in [6, 6.07) is 6.24. The second-order valence-electron chi connectivity index (χ2n) is 8.14. The molecule has 0 aromatic heterocycles. The van der Waals surface area contributed by atoms with Crippen LogP contribution in [0.2, 0.25) is 0 Å². The number of anilines is 1. The lowest BCUT2D eigenvalue weighted by molar-refractivity contribution is -0.128. The highest BCUT2D eigenvalue weighted by molar-refractivity contribution is 5.94. The van der Waals surface area contributed by atoms with E-state index in [0.717, 1.165) is 63.7 Å². The summed E-state index contributed by atoms with van der Waals surface area (Å²) >= 11 is 0. The minimum absolute atomic E-state index is 0.00686. The van der Waals surface area contributed by atoms with Crippen LogP contribution in [0.1, 0.15) is 57.1 Å². The Morgan fingerprint density at radius 3 is 2.00 bits per heavy atom. The average molecular weight is 388 g/mol. The van der Waals surface area contributed by atoms with E-state index in [1.807, 2.05) is 14.1 Å². The second kappa shape index (κ2) is 11.2. The Labute approximate surface area is 170 Å². The molecule has 0 atom stereocenters. The second-order valence-corrected chi connectivity index (χ2v) is 8.14. The molecule has 0 spiro atoms. The number of carbonyl (C=O) groups is 2. The lowest BCUT2D eigenvalue weighted by atomic mass is 9.81. The van der Waals surface area contributed by atoms with E-state index in [2.05, 4.69) is 47.6 Å². The molecular formula is C23H37N3O2. The monoisotopic (exact) mass is 387 g/mol. The van der Waals surface area contributed by atoms with E-state index >= 15 is 0 Å². The Hall–Kier alpha value is -1.88. The van der Waals surface area contributed by atoms with Gasteiger partial charge in [-0.15, -0.1) is 0 Å². The van der Waals surface area contributed by atoms with E-state index < -0.39 is 0 Å². The summed E-state index contributed by atoms with van der Waals surface area (Å²) in [7, 11) is 4.08. The maximum Gasteiger partial charge on any atom is 0.227 e. The van der Waals surface area contributed by atoms with Crippen LogP contribution in [0.5, 0.6) is 0 Å². The minimum atomic E-state index is 0.00686. The number of amides is 2. The molecule has 2 rings (SSSR count). The van der Waals surface area contributed by atoms with Crippen molar-refractivity contribution in [2.24, 2.45) is 11.8 Å². The van der Waals surface area contributed by atoms with Crippen molar-refractivity contribution in [1.29, 1.82) is 0 Å². The van der Waals surface area contributed by atoms with Gasteiger partial charge in [-0.3, -0.25) is 9.59 Å². The maximum atomic E-state index is 12.8. The Balaban J connectivity index is 1.83. The number of aryl methyl sites for hydroxylation is 2. The third kappa shape index (κ3) is 6.33. The summed E-state index contributed by atoms with van der Waals surface area (Å²) < 4.78 is 0. The Bertz CT molecular complexity index is 627. The Morgan fingerprint density at radius 1 is 0.964 bits per heavy atom. The molecule has 0 aliphatic heterocycles. The zero-order valence-corrected chi connectivity index (χ0v) is 18.0. The number of nitrogens with one attached hydrogen (secondary N) is 2. The van der Waals surface area contributed by atoms with Gasteiger partial charge in [0.25, 0.3) is 0 Å². The third-order valence-corrected chi connectivity index (χ3v) is 5.80. The molecule has 1 aromatic rings. The van der Waals surface area contributed by atoms with Crippen molar-refractivity contribution < 1.29 is 9.59 Å². The van der Waals surface area contributed by atoms with E-state index in [1.165, 1.54) is 11.1 Å². The van der Waals surface area contributed by atoms with E-state index in [-0.39, 0.29) is 23.7 Å². The van der Waals surface area contributed by atoms with Gasteiger partial charge in [0.1, 0.15) is 0 Å². The number of nitrogens with zero attached hydrogens (tertiary/aromatic N) is 1. The van der Waals surface area contributed by atoms with Gasteiger partial charge in [0.15, 0.2) is 0 Å². The number of rotatable bonds is 9. The number of benzene rings is 1. The van der Waals surface area contributed by atoms with Crippen molar-refractivity contribution in [3.05, 3.63) is 29.3 Å². The van der Waals surface area contributed by atoms with Crippen molar-refractivity contribution in [3.8, 4) is 0 Å². The maximum absolute atomic E-state index is 12.8. The number of hydrogen-bond donors (Lipinski definition) is 2. The van der Waals surface area contributed by atoms with Crippen LogP contribution in [0.4, 0.5) is 5.69 Å². The molecule has 5 nitrogen and oxygen atoms in total. The first-order chi connectivity index (χ1) is 13.5. The largest absolute Gasteiger partial charge is 0.356 e. The van der Waals surface area contributed by atoms with Gasteiger partial charge in [0.2, 0.25) is 11.8 Å². The number of carbonyl (C=O) groups excluding carboxylic acids is 2. The fourth-order valence-corrected chi connectivity index (χ4v) is 4.00. The molecule has 0 bridgehead atoms. The summed E-state index contributed by atoms with van der Waals surface area (Å²) in [6.45, 7) is 5.94. The summed E-state index contributed by atoms with van der Waals surface area (Å²) in [6.07, 6.45) is 5.96. The molecule has 1 saturated carbocycles. The van der Waals surface area contributed by atoms with Crippen molar-refractivity contribution >= 4 is 17.5 Å². The van der Waals surface area contributed by atoms with Crippen molar-refractivity contribution in [2.75, 3.05) is 32.5 Å². The van der Waals surface area contributed by atoms with Crippen molar-refractivity contribution in [2.45, 2.75) is 58.8 Å². The molecular weight excluding hydrogens is 350 g/mol. The van der Waals surface area contributed by atoms with Gasteiger partial charge in [0, 0.05) is 24.1 Å². The zero-order chi connectivity index (χ0) is 20.5. The summed E-state index contributed by atoms with van der Waals surface area (Å²) in [5.74, 6) is 0.326. The molecule has 1 aliphatic carbocycles. The van der Waals surface area contributed by atoms with Crippen molar-refractivity contribution in [1.82, 2.24) is 10.2 Å². The highest BCUT2D eigenvalue weighted by atomic mass is 16.2. The topological polar surface area (TPSA) is 61.4 Å². The predicted octanol–water partition coefficient (Wildman–Crippen LogP) is 3.62. The first kappa shape index (κ1) is 22.4. The van der Waals surface area contributed by atoms with E-state index in [9.17, 15) is 9.59 Å². The van der Waals surface area contributed by atoms with Gasteiger partial charge in [-0.25, -0.2) is 0 Å². The fourth-order valence-electron chi connectivity index (χ4n) is 4.00. The summed E-state index contributed by atoms with van der Waals surface area (Å²) in [5, 5.41) is 6.26. The molecule has 5 heteroatoms. The van der Waals surface area contributed by atoms with E-state index in [0.29, 0.717) is 0 Å². The minimum Gasteiger partial charge on any atom is -0.356 e. The SMILES string of the molecule is CCc1cccc(CC)c1NC(=O)C1CCC(C(=O)NCCCN(C)C)CC1. The quantitative estimate of drug-likeness (QED) is 0.636. The Kier molecular flexibility index (Phi) is 8.97. The zero-order valence-electron chi connectivity index (χ0n) is 18.0. The molecule has 28 heavy (non-hydrogen) atoms. The van der Waals surface area contributed by atoms with Crippen LogP contribution >= 0.6 is 0 Å². The van der Waals surface area contributed by atoms with Crippen molar-refractivity contribution in [3.63, 3.8) is 0 Å². The molecule has 1 aliphatic rings. The van der Waals surface area contributed by atoms with Crippen LogP contribution in [0.15, 0.2) is 18.2 Å². The van der Waals surface area contributed by atoms with Gasteiger partial charge in [-0.1, -0.05) is 32.0 Å². The van der Waals surface area contributed by atoms with Crippen LogP contribution in [-0.2, 0) is 22.4 Å². The highest BCUT2D eigenvalue weighted by Crippen LogP contribution is 2.31. The van der Waals surface area contributed by atoms with E-state index in [1.54, 1.807) is 0 Å². The molecule has 156 valence electrons. The van der Waals surface area contributed by atoms with Gasteiger partial charge in [-0.2, -0.15) is 0 Å². The highest BCUT2D eigenvalue weighted by Gasteiger charge is 2.30. The first-order valence-electron chi connectivity index (χ1n) is 10.8. The summed E-state index contributed by atoms with van der Waals surface area (Å²) in [4.78, 5) is 27.3. The van der Waals surface area contributed by atoms with Crippen LogP contribution in [-0.4, -0.2) is 43.9 Å². The van der Waals surface area contributed by atoms with Gasteiger partial charge in [-0.05, 0) is 76.7 Å². The molecule has 0 radical (unpaired) electrons. The first-order valence-corrected chi connectivity index (χ1v) is 10.8. The third-order valence-electron chi connectivity index (χ3n) is 5.80. The molecule has 0 saturated heterocycles.